The number of hydrogen-bond donors (Lipinski definition) is 1. The smallest absolute Gasteiger partial charge is 0.432 e. The quantitative estimate of drug-likeness (QED) is 0.341. The summed E-state index contributed by atoms with van der Waals surface area (Å²) in [5.74, 6) is -12.8. The number of hydrogen-bond acceptors (Lipinski definition) is 2. The molecule has 2 nitrogen and oxygen atoms in total. The molecule has 3 aromatic rings. The summed E-state index contributed by atoms with van der Waals surface area (Å²) >= 11 is 0. The number of rotatable bonds is 6. The van der Waals surface area contributed by atoms with E-state index in [2.05, 4.69) is 4.74 Å². The lowest BCUT2D eigenvalue weighted by molar-refractivity contribution is -0.189. The zero-order valence-corrected chi connectivity index (χ0v) is 17.5. The Labute approximate surface area is 191 Å². The first kappa shape index (κ1) is 26.2. The van der Waals surface area contributed by atoms with E-state index in [-0.39, 0.29) is 18.2 Å². The van der Waals surface area contributed by atoms with Gasteiger partial charge in [0.05, 0.1) is 5.56 Å². The molecule has 1 N–H and O–H groups in total. The van der Waals surface area contributed by atoms with Crippen molar-refractivity contribution in [2.24, 2.45) is 0 Å². The van der Waals surface area contributed by atoms with Crippen LogP contribution in [-0.4, -0.2) is 5.11 Å². The van der Waals surface area contributed by atoms with Gasteiger partial charge in [0.25, 0.3) is 0 Å². The van der Waals surface area contributed by atoms with E-state index in [1.165, 1.54) is 6.07 Å². The molecule has 3 rings (SSSR count). The second-order valence-electron chi connectivity index (χ2n) is 7.38. The van der Waals surface area contributed by atoms with E-state index >= 15 is 4.39 Å². The van der Waals surface area contributed by atoms with Crippen LogP contribution in [0.5, 0.6) is 11.5 Å². The average molecular weight is 512 g/mol. The monoisotopic (exact) mass is 512 g/mol. The van der Waals surface area contributed by atoms with Crippen LogP contribution in [0.15, 0.2) is 36.4 Å². The Morgan fingerprint density at radius 2 is 1.34 bits per heavy atom. The number of aromatic hydroxyl groups is 1. The molecule has 0 saturated carbocycles. The van der Waals surface area contributed by atoms with Gasteiger partial charge >= 0.3 is 12.3 Å². The molecule has 12 heteroatoms. The third-order valence-electron chi connectivity index (χ3n) is 4.88. The molecular weight excluding hydrogens is 498 g/mol. The minimum absolute atomic E-state index is 0.0400. The summed E-state index contributed by atoms with van der Waals surface area (Å²) in [6.45, 7) is 1.79. The molecule has 0 aliphatic rings. The second-order valence-corrected chi connectivity index (χ2v) is 7.38. The van der Waals surface area contributed by atoms with Gasteiger partial charge < -0.3 is 9.84 Å². The number of halogens is 10. The van der Waals surface area contributed by atoms with Crippen molar-refractivity contribution in [2.45, 2.75) is 32.1 Å². The molecule has 0 saturated heterocycles. The highest BCUT2D eigenvalue weighted by Gasteiger charge is 2.44. The molecule has 0 unspecified atom stereocenters. The van der Waals surface area contributed by atoms with Crippen LogP contribution in [0, 0.1) is 29.1 Å². The average Bonchev–Trinajstić information content (AvgIpc) is 2.67. The summed E-state index contributed by atoms with van der Waals surface area (Å²) in [5.41, 5.74) is -5.96. The van der Waals surface area contributed by atoms with Gasteiger partial charge in [0.15, 0.2) is 5.82 Å². The van der Waals surface area contributed by atoms with Crippen LogP contribution in [0.25, 0.3) is 11.1 Å². The molecule has 0 amide bonds. The minimum Gasteiger partial charge on any atom is -0.507 e. The Kier molecular flexibility index (Phi) is 6.96. The van der Waals surface area contributed by atoms with Gasteiger partial charge in [-0.2, -0.15) is 22.0 Å². The van der Waals surface area contributed by atoms with Crippen molar-refractivity contribution in [2.75, 3.05) is 0 Å². The van der Waals surface area contributed by atoms with Gasteiger partial charge in [-0.25, -0.2) is 22.0 Å². The highest BCUT2D eigenvalue weighted by molar-refractivity contribution is 5.73. The lowest BCUT2D eigenvalue weighted by Gasteiger charge is -2.22. The van der Waals surface area contributed by atoms with Gasteiger partial charge in [0.2, 0.25) is 0 Å². The van der Waals surface area contributed by atoms with Crippen LogP contribution >= 0.6 is 0 Å². The number of benzene rings is 3. The van der Waals surface area contributed by atoms with Crippen molar-refractivity contribution < 1.29 is 53.7 Å². The lowest BCUT2D eigenvalue weighted by Crippen LogP contribution is -2.26. The summed E-state index contributed by atoms with van der Waals surface area (Å²) in [7, 11) is 0. The van der Waals surface area contributed by atoms with Crippen molar-refractivity contribution in [1.29, 1.82) is 0 Å². The molecule has 0 spiro atoms. The molecule has 0 bridgehead atoms. The van der Waals surface area contributed by atoms with E-state index in [0.29, 0.717) is 18.4 Å². The van der Waals surface area contributed by atoms with Crippen LogP contribution < -0.4 is 4.74 Å². The molecule has 0 aliphatic carbocycles. The van der Waals surface area contributed by atoms with Crippen molar-refractivity contribution in [1.82, 2.24) is 0 Å². The van der Waals surface area contributed by atoms with Crippen molar-refractivity contribution in [3.63, 3.8) is 0 Å². The first-order valence-electron chi connectivity index (χ1n) is 9.80. The number of phenols is 1. The SMILES string of the molecule is CCCc1ccc(-c2c(O)cc(F)c(C(F)(F)Oc3cc(F)c(C(F)(F)F)c(F)c3)c2F)c(F)c1. The molecular formula is C23H14F10O2. The van der Waals surface area contributed by atoms with Crippen LogP contribution in [0.2, 0.25) is 0 Å². The fourth-order valence-corrected chi connectivity index (χ4v) is 3.41. The van der Waals surface area contributed by atoms with E-state index in [0.717, 1.165) is 12.1 Å². The van der Waals surface area contributed by atoms with Gasteiger partial charge in [0.1, 0.15) is 45.9 Å². The predicted octanol–water partition coefficient (Wildman–Crippen LogP) is 7.85. The predicted molar refractivity (Wildman–Crippen MR) is 103 cm³/mol. The number of alkyl halides is 5. The summed E-state index contributed by atoms with van der Waals surface area (Å²) in [4.78, 5) is 0. The molecule has 0 atom stereocenters. The highest BCUT2D eigenvalue weighted by atomic mass is 19.4. The van der Waals surface area contributed by atoms with Gasteiger partial charge in [-0.1, -0.05) is 25.5 Å². The maximum absolute atomic E-state index is 15.1. The Bertz CT molecular complexity index is 1250. The molecule has 0 fully saturated rings. The summed E-state index contributed by atoms with van der Waals surface area (Å²) < 4.78 is 143. The molecule has 0 radical (unpaired) electrons. The number of aryl methyl sites for hydroxylation is 1. The van der Waals surface area contributed by atoms with Crippen molar-refractivity contribution in [3.8, 4) is 22.6 Å². The van der Waals surface area contributed by atoms with Gasteiger partial charge in [0, 0.05) is 23.8 Å². The van der Waals surface area contributed by atoms with Crippen LogP contribution in [0.1, 0.15) is 30.0 Å². The Morgan fingerprint density at radius 3 is 1.86 bits per heavy atom. The number of phenolic OH excluding ortho intramolecular Hbond substituents is 1. The largest absolute Gasteiger partial charge is 0.507 e. The third-order valence-corrected chi connectivity index (χ3v) is 4.88. The standard InChI is InChI=1S/C23H14F10O2/c1-2-3-10-4-5-12(13(24)6-10)18-17(34)9-16(27)20(21(18)28)23(32,33)35-11-7-14(25)19(15(26)8-11)22(29,30)31/h4-9,34H,2-3H2,1H3. The first-order valence-corrected chi connectivity index (χ1v) is 9.80. The third kappa shape index (κ3) is 5.15. The maximum Gasteiger partial charge on any atom is 0.432 e. The minimum atomic E-state index is -5.50. The first-order chi connectivity index (χ1) is 16.2. The molecule has 0 heterocycles. The molecule has 0 aliphatic heterocycles. The van der Waals surface area contributed by atoms with E-state index < -0.39 is 75.1 Å². The summed E-state index contributed by atoms with van der Waals surface area (Å²) in [5, 5.41) is 9.94. The zero-order valence-electron chi connectivity index (χ0n) is 17.5. The molecule has 3 aromatic carbocycles. The highest BCUT2D eigenvalue weighted by Crippen LogP contribution is 2.44. The maximum atomic E-state index is 15.1. The fourth-order valence-electron chi connectivity index (χ4n) is 3.41. The van der Waals surface area contributed by atoms with E-state index in [1.54, 1.807) is 6.92 Å². The number of ether oxygens (including phenoxy) is 1. The van der Waals surface area contributed by atoms with Crippen LogP contribution in [0.3, 0.4) is 0 Å². The van der Waals surface area contributed by atoms with E-state index in [4.69, 9.17) is 0 Å². The lowest BCUT2D eigenvalue weighted by atomic mass is 9.97. The van der Waals surface area contributed by atoms with Crippen LogP contribution in [-0.2, 0) is 18.7 Å². The van der Waals surface area contributed by atoms with Crippen molar-refractivity contribution >= 4 is 0 Å². The van der Waals surface area contributed by atoms with Gasteiger partial charge in [-0.05, 0) is 18.1 Å². The Hall–Kier alpha value is -3.44. The van der Waals surface area contributed by atoms with E-state index in [9.17, 15) is 44.6 Å². The Balaban J connectivity index is 2.10. The van der Waals surface area contributed by atoms with Crippen molar-refractivity contribution in [3.05, 3.63) is 82.2 Å². The molecule has 35 heavy (non-hydrogen) atoms. The Morgan fingerprint density at radius 1 is 0.771 bits per heavy atom. The topological polar surface area (TPSA) is 29.5 Å². The normalized spacial score (nSPS) is 12.2. The van der Waals surface area contributed by atoms with Gasteiger partial charge in [-0.3, -0.25) is 0 Å². The second kappa shape index (κ2) is 9.31. The van der Waals surface area contributed by atoms with Crippen LogP contribution in [0.4, 0.5) is 43.9 Å². The zero-order chi connectivity index (χ0) is 26.3. The van der Waals surface area contributed by atoms with Gasteiger partial charge in [-0.15, -0.1) is 0 Å². The fraction of sp³-hybridized carbons (Fsp3) is 0.217. The molecule has 188 valence electrons. The van der Waals surface area contributed by atoms with E-state index in [1.807, 2.05) is 0 Å². The molecule has 0 aromatic heterocycles. The summed E-state index contributed by atoms with van der Waals surface area (Å²) in [6.07, 6.45) is -9.52. The summed E-state index contributed by atoms with van der Waals surface area (Å²) in [6, 6.07) is 2.81.